The van der Waals surface area contributed by atoms with Crippen molar-refractivity contribution in [3.8, 4) is 0 Å². The van der Waals surface area contributed by atoms with Crippen LogP contribution in [0.1, 0.15) is 41.6 Å². The third kappa shape index (κ3) is 3.32. The van der Waals surface area contributed by atoms with Gasteiger partial charge in [-0.2, -0.15) is 0 Å². The van der Waals surface area contributed by atoms with Crippen molar-refractivity contribution >= 4 is 21.8 Å². The number of amides is 1. The molecule has 3 rings (SSSR count). The van der Waals surface area contributed by atoms with E-state index < -0.39 is 0 Å². The molecule has 114 valence electrons. The topological polar surface area (TPSA) is 23.6 Å². The number of piperidine rings is 1. The number of hydrogen-bond acceptors (Lipinski definition) is 2. The summed E-state index contributed by atoms with van der Waals surface area (Å²) in [5.74, 6) is 0.180. The van der Waals surface area contributed by atoms with Gasteiger partial charge in [-0.05, 0) is 63.4 Å². The Morgan fingerprint density at radius 1 is 1.19 bits per heavy atom. The molecular formula is C17H23BrN2O. The summed E-state index contributed by atoms with van der Waals surface area (Å²) in [6, 6.07) is 6.48. The van der Waals surface area contributed by atoms with E-state index in [1.165, 1.54) is 37.9 Å². The summed E-state index contributed by atoms with van der Waals surface area (Å²) in [5.41, 5.74) is 1.97. The van der Waals surface area contributed by atoms with Gasteiger partial charge in [0.05, 0.1) is 0 Å². The fourth-order valence-corrected chi connectivity index (χ4v) is 3.83. The molecule has 1 aromatic rings. The minimum absolute atomic E-state index is 0.180. The third-order valence-electron chi connectivity index (χ3n) is 4.76. The highest BCUT2D eigenvalue weighted by molar-refractivity contribution is 9.10. The van der Waals surface area contributed by atoms with Crippen molar-refractivity contribution in [1.82, 2.24) is 9.80 Å². The van der Waals surface area contributed by atoms with E-state index in [0.29, 0.717) is 6.04 Å². The highest BCUT2D eigenvalue weighted by Gasteiger charge is 2.29. The van der Waals surface area contributed by atoms with Gasteiger partial charge in [0.1, 0.15) is 0 Å². The first-order valence-corrected chi connectivity index (χ1v) is 8.74. The van der Waals surface area contributed by atoms with Crippen molar-refractivity contribution in [2.45, 2.75) is 38.6 Å². The van der Waals surface area contributed by atoms with Crippen molar-refractivity contribution in [1.29, 1.82) is 0 Å². The zero-order chi connectivity index (χ0) is 14.8. The van der Waals surface area contributed by atoms with E-state index in [-0.39, 0.29) is 5.91 Å². The Kier molecular flexibility index (Phi) is 4.65. The first-order valence-electron chi connectivity index (χ1n) is 7.94. The van der Waals surface area contributed by atoms with Crippen LogP contribution in [0.2, 0.25) is 0 Å². The van der Waals surface area contributed by atoms with Crippen molar-refractivity contribution in [3.63, 3.8) is 0 Å². The Morgan fingerprint density at radius 2 is 1.95 bits per heavy atom. The molecule has 2 fully saturated rings. The van der Waals surface area contributed by atoms with E-state index in [1.54, 1.807) is 0 Å². The van der Waals surface area contributed by atoms with E-state index >= 15 is 0 Å². The molecule has 1 unspecified atom stereocenters. The van der Waals surface area contributed by atoms with Crippen LogP contribution in [-0.4, -0.2) is 47.9 Å². The lowest BCUT2D eigenvalue weighted by molar-refractivity contribution is 0.0608. The Bertz CT molecular complexity index is 526. The summed E-state index contributed by atoms with van der Waals surface area (Å²) in [4.78, 5) is 17.3. The van der Waals surface area contributed by atoms with Crippen LogP contribution in [0.25, 0.3) is 0 Å². The minimum Gasteiger partial charge on any atom is -0.337 e. The van der Waals surface area contributed by atoms with Gasteiger partial charge in [0.2, 0.25) is 0 Å². The zero-order valence-corrected chi connectivity index (χ0v) is 14.2. The van der Waals surface area contributed by atoms with E-state index in [9.17, 15) is 4.79 Å². The SMILES string of the molecule is Cc1ccc(C(=O)N2CCCC(N3CCCC3)C2)cc1Br. The second-order valence-electron chi connectivity index (χ2n) is 6.25. The fourth-order valence-electron chi connectivity index (χ4n) is 3.45. The second-order valence-corrected chi connectivity index (χ2v) is 7.11. The lowest BCUT2D eigenvalue weighted by atomic mass is 10.0. The third-order valence-corrected chi connectivity index (χ3v) is 5.61. The van der Waals surface area contributed by atoms with Crippen LogP contribution in [0.3, 0.4) is 0 Å². The predicted octanol–water partition coefficient (Wildman–Crippen LogP) is 3.46. The van der Waals surface area contributed by atoms with Crippen LogP contribution in [0.15, 0.2) is 22.7 Å². The predicted molar refractivity (Wildman–Crippen MR) is 88.6 cm³/mol. The van der Waals surface area contributed by atoms with Gasteiger partial charge < -0.3 is 4.90 Å². The largest absolute Gasteiger partial charge is 0.337 e. The van der Waals surface area contributed by atoms with E-state index in [2.05, 4.69) is 20.8 Å². The summed E-state index contributed by atoms with van der Waals surface area (Å²) in [6.07, 6.45) is 4.99. The maximum Gasteiger partial charge on any atom is 0.253 e. The minimum atomic E-state index is 0.180. The van der Waals surface area contributed by atoms with Gasteiger partial charge in [-0.25, -0.2) is 0 Å². The first-order chi connectivity index (χ1) is 10.1. The molecule has 0 spiro atoms. The molecule has 2 aliphatic heterocycles. The van der Waals surface area contributed by atoms with Gasteiger partial charge >= 0.3 is 0 Å². The molecule has 4 heteroatoms. The first kappa shape index (κ1) is 15.0. The highest BCUT2D eigenvalue weighted by Crippen LogP contribution is 2.23. The second kappa shape index (κ2) is 6.49. The molecule has 0 aromatic heterocycles. The lowest BCUT2D eigenvalue weighted by Gasteiger charge is -2.37. The van der Waals surface area contributed by atoms with Gasteiger partial charge in [-0.15, -0.1) is 0 Å². The molecule has 2 saturated heterocycles. The normalized spacial score (nSPS) is 23.5. The van der Waals surface area contributed by atoms with Crippen LogP contribution in [-0.2, 0) is 0 Å². The zero-order valence-electron chi connectivity index (χ0n) is 12.6. The van der Waals surface area contributed by atoms with Crippen LogP contribution in [0.5, 0.6) is 0 Å². The standard InChI is InChI=1S/C17H23BrN2O/c1-13-6-7-14(11-16(13)18)17(21)20-10-4-5-15(12-20)19-8-2-3-9-19/h6-7,11,15H,2-5,8-10,12H2,1H3. The molecule has 0 bridgehead atoms. The van der Waals surface area contributed by atoms with E-state index in [4.69, 9.17) is 0 Å². The highest BCUT2D eigenvalue weighted by atomic mass is 79.9. The van der Waals surface area contributed by atoms with Crippen LogP contribution >= 0.6 is 15.9 Å². The van der Waals surface area contributed by atoms with Crippen LogP contribution in [0.4, 0.5) is 0 Å². The molecule has 1 aromatic carbocycles. The lowest BCUT2D eigenvalue weighted by Crippen LogP contribution is -2.49. The Morgan fingerprint density at radius 3 is 2.67 bits per heavy atom. The van der Waals surface area contributed by atoms with Crippen molar-refractivity contribution in [2.75, 3.05) is 26.2 Å². The summed E-state index contributed by atoms with van der Waals surface area (Å²) in [7, 11) is 0. The molecule has 1 atom stereocenters. The number of nitrogens with zero attached hydrogens (tertiary/aromatic N) is 2. The monoisotopic (exact) mass is 350 g/mol. The Balaban J connectivity index is 1.70. The molecule has 1 amide bonds. The van der Waals surface area contributed by atoms with Crippen LogP contribution in [0, 0.1) is 6.92 Å². The average Bonchev–Trinajstić information content (AvgIpc) is 3.04. The number of aryl methyl sites for hydroxylation is 1. The number of hydrogen-bond donors (Lipinski definition) is 0. The van der Waals surface area contributed by atoms with Gasteiger partial charge in [0.25, 0.3) is 5.91 Å². The number of carbonyl (C=O) groups is 1. The number of likely N-dealkylation sites (tertiary alicyclic amines) is 2. The van der Waals surface area contributed by atoms with E-state index in [1.807, 2.05) is 30.0 Å². The molecule has 0 aliphatic carbocycles. The smallest absolute Gasteiger partial charge is 0.253 e. The van der Waals surface area contributed by atoms with Crippen molar-refractivity contribution in [3.05, 3.63) is 33.8 Å². The molecule has 0 N–H and O–H groups in total. The summed E-state index contributed by atoms with van der Waals surface area (Å²) < 4.78 is 1.02. The van der Waals surface area contributed by atoms with Gasteiger partial charge in [0.15, 0.2) is 0 Å². The number of benzene rings is 1. The van der Waals surface area contributed by atoms with Crippen LogP contribution < -0.4 is 0 Å². The maximum absolute atomic E-state index is 12.7. The van der Waals surface area contributed by atoms with Gasteiger partial charge in [-0.3, -0.25) is 9.69 Å². The summed E-state index contributed by atoms with van der Waals surface area (Å²) in [5, 5.41) is 0. The molecular weight excluding hydrogens is 328 g/mol. The quantitative estimate of drug-likeness (QED) is 0.815. The molecule has 2 aliphatic rings. The maximum atomic E-state index is 12.7. The van der Waals surface area contributed by atoms with Crippen molar-refractivity contribution < 1.29 is 4.79 Å². The van der Waals surface area contributed by atoms with Gasteiger partial charge in [-0.1, -0.05) is 22.0 Å². The Labute approximate surface area is 135 Å². The van der Waals surface area contributed by atoms with Crippen molar-refractivity contribution in [2.24, 2.45) is 0 Å². The summed E-state index contributed by atoms with van der Waals surface area (Å²) in [6.45, 7) is 6.26. The van der Waals surface area contributed by atoms with E-state index in [0.717, 1.165) is 29.5 Å². The number of rotatable bonds is 2. The number of carbonyl (C=O) groups excluding carboxylic acids is 1. The average molecular weight is 351 g/mol. The number of halogens is 1. The summed E-state index contributed by atoms with van der Waals surface area (Å²) >= 11 is 3.53. The molecule has 21 heavy (non-hydrogen) atoms. The Hall–Kier alpha value is -0.870. The molecule has 0 saturated carbocycles. The van der Waals surface area contributed by atoms with Gasteiger partial charge in [0, 0.05) is 29.2 Å². The molecule has 0 radical (unpaired) electrons. The molecule has 2 heterocycles. The molecule has 3 nitrogen and oxygen atoms in total. The fraction of sp³-hybridized carbons (Fsp3) is 0.588.